The molecule has 3 heterocycles. The highest BCUT2D eigenvalue weighted by Crippen LogP contribution is 2.46. The molecule has 0 radical (unpaired) electrons. The number of fused-ring (bicyclic) bond motifs is 4. The van der Waals surface area contributed by atoms with Gasteiger partial charge >= 0.3 is 6.18 Å². The van der Waals surface area contributed by atoms with Crippen molar-refractivity contribution in [3.05, 3.63) is 52.8 Å². The Hall–Kier alpha value is -3.08. The van der Waals surface area contributed by atoms with Crippen molar-refractivity contribution in [3.63, 3.8) is 0 Å². The van der Waals surface area contributed by atoms with Gasteiger partial charge in [-0.1, -0.05) is 6.92 Å². The van der Waals surface area contributed by atoms with Gasteiger partial charge in [0, 0.05) is 22.7 Å². The predicted molar refractivity (Wildman–Crippen MR) is 140 cm³/mol. The monoisotopic (exact) mass is 536 g/mol. The van der Waals surface area contributed by atoms with E-state index in [-0.39, 0.29) is 28.3 Å². The Morgan fingerprint density at radius 1 is 1.32 bits per heavy atom. The number of rotatable bonds is 3. The van der Waals surface area contributed by atoms with Crippen LogP contribution >= 0.6 is 0 Å². The summed E-state index contributed by atoms with van der Waals surface area (Å²) in [4.78, 5) is 21.5. The van der Waals surface area contributed by atoms with E-state index < -0.39 is 38.0 Å². The van der Waals surface area contributed by atoms with Gasteiger partial charge in [0.25, 0.3) is 5.91 Å². The summed E-state index contributed by atoms with van der Waals surface area (Å²) in [5.41, 5.74) is 6.55. The molecule has 3 N–H and O–H groups in total. The molecule has 1 amide bonds. The minimum atomic E-state index is -4.55. The van der Waals surface area contributed by atoms with Crippen LogP contribution in [0.25, 0.3) is 0 Å². The number of hydrogen-bond donors (Lipinski definition) is 2. The van der Waals surface area contributed by atoms with Crippen molar-refractivity contribution in [1.29, 1.82) is 0 Å². The van der Waals surface area contributed by atoms with Gasteiger partial charge in [-0.25, -0.2) is 0 Å². The molecule has 4 rings (SSSR count). The number of anilines is 1. The van der Waals surface area contributed by atoms with Gasteiger partial charge in [0.05, 0.1) is 23.0 Å². The lowest BCUT2D eigenvalue weighted by molar-refractivity contribution is -0.137. The molecule has 3 unspecified atom stereocenters. The predicted octanol–water partition coefficient (Wildman–Crippen LogP) is 4.75. The number of ether oxygens (including phenoxy) is 1. The maximum Gasteiger partial charge on any atom is 0.417 e. The molecule has 0 saturated heterocycles. The standard InChI is InChI=1S/C26H31F3N4O3S/c1-6-17-20-9-10-36-19-8-7-16(12-18(19)22(17)33-24(30)25(3,4)37(20,5)35)32-23(34)21-14(2)11-15(13-31-21)26(27,28)29/h7-8,11-13,17,20,22H,5-6,9-10H2,1-4H3,(H2,30,33)(H,32,34)/t17?,20-,22?,37?/m1/s1. The number of amides is 1. The van der Waals surface area contributed by atoms with Gasteiger partial charge in [-0.05, 0) is 84.8 Å². The van der Waals surface area contributed by atoms with E-state index in [0.29, 0.717) is 42.6 Å². The van der Waals surface area contributed by atoms with E-state index in [1.807, 2.05) is 6.92 Å². The molecule has 0 spiro atoms. The Morgan fingerprint density at radius 3 is 2.65 bits per heavy atom. The fourth-order valence-corrected chi connectivity index (χ4v) is 7.61. The van der Waals surface area contributed by atoms with Crippen LogP contribution < -0.4 is 15.8 Å². The number of carbonyl (C=O) groups is 1. The lowest BCUT2D eigenvalue weighted by atomic mass is 9.85. The van der Waals surface area contributed by atoms with E-state index >= 15 is 0 Å². The number of aromatic nitrogens is 1. The van der Waals surface area contributed by atoms with Gasteiger partial charge in [0.15, 0.2) is 0 Å². The van der Waals surface area contributed by atoms with Crippen LogP contribution in [0.5, 0.6) is 5.75 Å². The number of amidine groups is 1. The first-order valence-electron chi connectivity index (χ1n) is 12.0. The molecule has 2 bridgehead atoms. The minimum absolute atomic E-state index is 0.101. The molecule has 2 aliphatic heterocycles. The number of pyridine rings is 1. The average molecular weight is 537 g/mol. The van der Waals surface area contributed by atoms with E-state index in [0.717, 1.165) is 6.07 Å². The molecule has 4 atom stereocenters. The lowest BCUT2D eigenvalue weighted by Crippen LogP contribution is -2.50. The second-order valence-electron chi connectivity index (χ2n) is 10.0. The number of carbonyl (C=O) groups excluding carboxylic acids is 1. The maximum atomic E-state index is 14.0. The lowest BCUT2D eigenvalue weighted by Gasteiger charge is -2.37. The van der Waals surface area contributed by atoms with Gasteiger partial charge in [-0.3, -0.25) is 19.0 Å². The van der Waals surface area contributed by atoms with Gasteiger partial charge in [0.1, 0.15) is 17.3 Å². The highest BCUT2D eigenvalue weighted by atomic mass is 32.2. The van der Waals surface area contributed by atoms with Gasteiger partial charge in [-0.15, -0.1) is 0 Å². The second-order valence-corrected chi connectivity index (χ2v) is 13.1. The van der Waals surface area contributed by atoms with Crippen LogP contribution in [0.15, 0.2) is 35.5 Å². The summed E-state index contributed by atoms with van der Waals surface area (Å²) >= 11 is 0. The zero-order valence-corrected chi connectivity index (χ0v) is 22.0. The molecule has 1 aromatic heterocycles. The Balaban J connectivity index is 1.74. The van der Waals surface area contributed by atoms with Crippen molar-refractivity contribution in [2.45, 2.75) is 62.8 Å². The number of nitrogens with two attached hydrogens (primary N) is 1. The fourth-order valence-electron chi connectivity index (χ4n) is 5.06. The molecule has 37 heavy (non-hydrogen) atoms. The smallest absolute Gasteiger partial charge is 0.417 e. The fraction of sp³-hybridized carbons (Fsp3) is 0.462. The molecule has 1 aromatic carbocycles. The summed E-state index contributed by atoms with van der Waals surface area (Å²) in [5.74, 6) is 4.20. The third kappa shape index (κ3) is 4.69. The van der Waals surface area contributed by atoms with Crippen molar-refractivity contribution >= 4 is 32.8 Å². The number of halogens is 3. The van der Waals surface area contributed by atoms with Crippen LogP contribution in [0.4, 0.5) is 18.9 Å². The molecule has 0 aliphatic carbocycles. The molecule has 0 saturated carbocycles. The van der Waals surface area contributed by atoms with Crippen LogP contribution in [-0.2, 0) is 15.7 Å². The summed E-state index contributed by atoms with van der Waals surface area (Å²) in [6.45, 7) is 7.36. The SMILES string of the molecule is C=S1(=O)[C@@H]2CCOc3ccc(NC(=O)c4ncc(C(F)(F)F)cc4C)cc3C(N=C(N)C1(C)C)C2CC. The molecule has 0 fully saturated rings. The molecule has 200 valence electrons. The first kappa shape index (κ1) is 27.0. The van der Waals surface area contributed by atoms with E-state index in [1.54, 1.807) is 32.0 Å². The molecule has 2 aliphatic rings. The van der Waals surface area contributed by atoms with Crippen LogP contribution in [0.2, 0.25) is 0 Å². The third-order valence-electron chi connectivity index (χ3n) is 7.47. The zero-order chi connectivity index (χ0) is 27.3. The minimum Gasteiger partial charge on any atom is -0.493 e. The van der Waals surface area contributed by atoms with E-state index in [1.165, 1.54) is 6.92 Å². The van der Waals surface area contributed by atoms with Crippen molar-refractivity contribution in [2.24, 2.45) is 16.6 Å². The first-order chi connectivity index (χ1) is 17.2. The average Bonchev–Trinajstić information content (AvgIpc) is 2.86. The normalized spacial score (nSPS) is 27.0. The first-order valence-corrected chi connectivity index (χ1v) is 13.8. The molecular weight excluding hydrogens is 505 g/mol. The number of hydrogen-bond acceptors (Lipinski definition) is 6. The van der Waals surface area contributed by atoms with Crippen molar-refractivity contribution in [2.75, 3.05) is 11.9 Å². The van der Waals surface area contributed by atoms with E-state index in [9.17, 15) is 22.2 Å². The summed E-state index contributed by atoms with van der Waals surface area (Å²) in [6, 6.07) is 5.51. The Morgan fingerprint density at radius 2 is 2.03 bits per heavy atom. The summed E-state index contributed by atoms with van der Waals surface area (Å²) in [7, 11) is -2.70. The number of alkyl halides is 3. The Bertz CT molecular complexity index is 1370. The molecule has 7 nitrogen and oxygen atoms in total. The second kappa shape index (κ2) is 9.34. The highest BCUT2D eigenvalue weighted by Gasteiger charge is 2.48. The van der Waals surface area contributed by atoms with Crippen LogP contribution in [-0.4, -0.2) is 43.4 Å². The number of aliphatic imine (C=N–C) groups is 1. The topological polar surface area (TPSA) is 107 Å². The molecular formula is C26H31F3N4O3S. The van der Waals surface area contributed by atoms with Crippen molar-refractivity contribution < 1.29 is 26.9 Å². The Kier molecular flexibility index (Phi) is 6.81. The third-order valence-corrected chi connectivity index (χ3v) is 11.0. The van der Waals surface area contributed by atoms with Crippen LogP contribution in [0, 0.1) is 12.8 Å². The largest absolute Gasteiger partial charge is 0.493 e. The number of nitrogens with zero attached hydrogens (tertiary/aromatic N) is 2. The number of nitrogens with one attached hydrogen (secondary N) is 1. The van der Waals surface area contributed by atoms with E-state index in [2.05, 4.69) is 16.2 Å². The Labute approximate surface area is 214 Å². The zero-order valence-electron chi connectivity index (χ0n) is 21.2. The quantitative estimate of drug-likeness (QED) is 0.551. The van der Waals surface area contributed by atoms with Gasteiger partial charge < -0.3 is 15.8 Å². The van der Waals surface area contributed by atoms with Crippen LogP contribution in [0.1, 0.15) is 66.8 Å². The van der Waals surface area contributed by atoms with Gasteiger partial charge in [0.2, 0.25) is 0 Å². The van der Waals surface area contributed by atoms with Gasteiger partial charge in [-0.2, -0.15) is 13.2 Å². The number of benzene rings is 1. The number of aryl methyl sites for hydroxylation is 1. The van der Waals surface area contributed by atoms with Crippen molar-refractivity contribution in [3.8, 4) is 5.75 Å². The maximum absolute atomic E-state index is 14.0. The summed E-state index contributed by atoms with van der Waals surface area (Å²) < 4.78 is 58.1. The molecule has 2 aromatic rings. The van der Waals surface area contributed by atoms with Crippen molar-refractivity contribution in [1.82, 2.24) is 4.98 Å². The van der Waals surface area contributed by atoms with Crippen LogP contribution in [0.3, 0.4) is 0 Å². The highest BCUT2D eigenvalue weighted by molar-refractivity contribution is 8.02. The summed E-state index contributed by atoms with van der Waals surface area (Å²) in [5, 5.41) is 2.44. The summed E-state index contributed by atoms with van der Waals surface area (Å²) in [6.07, 6.45) is -2.69. The van der Waals surface area contributed by atoms with E-state index in [4.69, 9.17) is 15.5 Å². The molecule has 11 heteroatoms.